The number of rotatable bonds is 6. The van der Waals surface area contributed by atoms with Crippen molar-refractivity contribution in [2.24, 2.45) is 0 Å². The van der Waals surface area contributed by atoms with Gasteiger partial charge in [0.25, 0.3) is 0 Å². The zero-order valence-electron chi connectivity index (χ0n) is 15.6. The van der Waals surface area contributed by atoms with Crippen molar-refractivity contribution in [1.82, 2.24) is 25.1 Å². The van der Waals surface area contributed by atoms with E-state index in [1.807, 2.05) is 9.58 Å². The summed E-state index contributed by atoms with van der Waals surface area (Å²) in [5, 5.41) is 7.87. The minimum absolute atomic E-state index is 0.0970. The molecule has 1 fully saturated rings. The van der Waals surface area contributed by atoms with E-state index in [2.05, 4.69) is 34.2 Å². The SMILES string of the molecule is CCCn1ncnc1[C@H](C)NC1CCN(c2ccc(C(F)(F)F)cn2)CC1. The molecule has 1 N–H and O–H groups in total. The lowest BCUT2D eigenvalue weighted by atomic mass is 10.0. The topological polar surface area (TPSA) is 58.9 Å². The van der Waals surface area contributed by atoms with Crippen LogP contribution >= 0.6 is 0 Å². The summed E-state index contributed by atoms with van der Waals surface area (Å²) in [6.45, 7) is 6.54. The van der Waals surface area contributed by atoms with Crippen LogP contribution in [0.3, 0.4) is 0 Å². The zero-order valence-corrected chi connectivity index (χ0v) is 15.6. The predicted molar refractivity (Wildman–Crippen MR) is 96.3 cm³/mol. The van der Waals surface area contributed by atoms with E-state index in [0.717, 1.165) is 57.0 Å². The van der Waals surface area contributed by atoms with Crippen LogP contribution < -0.4 is 10.2 Å². The molecule has 0 saturated carbocycles. The number of pyridine rings is 1. The largest absolute Gasteiger partial charge is 0.417 e. The minimum Gasteiger partial charge on any atom is -0.357 e. The highest BCUT2D eigenvalue weighted by molar-refractivity contribution is 5.40. The molecule has 27 heavy (non-hydrogen) atoms. The summed E-state index contributed by atoms with van der Waals surface area (Å²) in [5.74, 6) is 1.53. The normalized spacial score (nSPS) is 17.3. The number of hydrogen-bond acceptors (Lipinski definition) is 5. The first kappa shape index (κ1) is 19.6. The summed E-state index contributed by atoms with van der Waals surface area (Å²) in [6, 6.07) is 2.97. The fourth-order valence-corrected chi connectivity index (χ4v) is 3.44. The van der Waals surface area contributed by atoms with Crippen LogP contribution in [0.5, 0.6) is 0 Å². The Morgan fingerprint density at radius 1 is 1.22 bits per heavy atom. The van der Waals surface area contributed by atoms with Gasteiger partial charge in [0.1, 0.15) is 18.0 Å². The first-order valence-corrected chi connectivity index (χ1v) is 9.30. The predicted octanol–water partition coefficient (Wildman–Crippen LogP) is 3.42. The van der Waals surface area contributed by atoms with Crippen LogP contribution in [0.25, 0.3) is 0 Å². The molecule has 148 valence electrons. The van der Waals surface area contributed by atoms with Gasteiger partial charge in [-0.15, -0.1) is 0 Å². The van der Waals surface area contributed by atoms with E-state index >= 15 is 0 Å². The lowest BCUT2D eigenvalue weighted by Gasteiger charge is -2.34. The van der Waals surface area contributed by atoms with Crippen LogP contribution in [0.2, 0.25) is 0 Å². The average molecular weight is 382 g/mol. The molecular weight excluding hydrogens is 357 g/mol. The van der Waals surface area contributed by atoms with Crippen LogP contribution in [0.15, 0.2) is 24.7 Å². The smallest absolute Gasteiger partial charge is 0.357 e. The second-order valence-corrected chi connectivity index (χ2v) is 6.89. The Kier molecular flexibility index (Phi) is 5.98. The van der Waals surface area contributed by atoms with E-state index < -0.39 is 11.7 Å². The molecule has 0 unspecified atom stereocenters. The van der Waals surface area contributed by atoms with Crippen molar-refractivity contribution in [3.8, 4) is 0 Å². The molecule has 2 aromatic heterocycles. The third kappa shape index (κ3) is 4.77. The summed E-state index contributed by atoms with van der Waals surface area (Å²) in [6.07, 6.45) is 0.937. The Morgan fingerprint density at radius 2 is 1.96 bits per heavy atom. The van der Waals surface area contributed by atoms with Crippen molar-refractivity contribution in [2.75, 3.05) is 18.0 Å². The van der Waals surface area contributed by atoms with Crippen molar-refractivity contribution in [2.45, 2.75) is 57.9 Å². The van der Waals surface area contributed by atoms with Crippen molar-refractivity contribution in [3.05, 3.63) is 36.0 Å². The maximum absolute atomic E-state index is 12.7. The van der Waals surface area contributed by atoms with Crippen LogP contribution in [0.1, 0.15) is 50.5 Å². The Hall–Kier alpha value is -2.16. The highest BCUT2D eigenvalue weighted by Crippen LogP contribution is 2.30. The molecule has 1 atom stereocenters. The summed E-state index contributed by atoms with van der Waals surface area (Å²) >= 11 is 0. The molecule has 0 spiro atoms. The minimum atomic E-state index is -4.35. The maximum Gasteiger partial charge on any atom is 0.417 e. The molecule has 2 aromatic rings. The monoisotopic (exact) mass is 382 g/mol. The molecule has 6 nitrogen and oxygen atoms in total. The molecule has 0 amide bonds. The van der Waals surface area contributed by atoms with Crippen molar-refractivity contribution in [1.29, 1.82) is 0 Å². The third-order valence-electron chi connectivity index (χ3n) is 4.85. The fraction of sp³-hybridized carbons (Fsp3) is 0.611. The van der Waals surface area contributed by atoms with E-state index in [1.54, 1.807) is 6.33 Å². The Balaban J connectivity index is 1.53. The summed E-state index contributed by atoms with van der Waals surface area (Å²) in [5.41, 5.74) is -0.715. The van der Waals surface area contributed by atoms with E-state index in [0.29, 0.717) is 11.9 Å². The van der Waals surface area contributed by atoms with Crippen molar-refractivity contribution in [3.63, 3.8) is 0 Å². The number of aryl methyl sites for hydroxylation is 1. The number of alkyl halides is 3. The zero-order chi connectivity index (χ0) is 19.4. The molecule has 0 aromatic carbocycles. The molecule has 0 aliphatic carbocycles. The maximum atomic E-state index is 12.7. The molecule has 3 rings (SSSR count). The Labute approximate surface area is 156 Å². The number of anilines is 1. The summed E-state index contributed by atoms with van der Waals surface area (Å²) < 4.78 is 39.9. The second kappa shape index (κ2) is 8.24. The van der Waals surface area contributed by atoms with Gasteiger partial charge in [-0.3, -0.25) is 0 Å². The van der Waals surface area contributed by atoms with E-state index in [-0.39, 0.29) is 6.04 Å². The number of piperidine rings is 1. The van der Waals surface area contributed by atoms with Crippen molar-refractivity contribution < 1.29 is 13.2 Å². The van der Waals surface area contributed by atoms with Gasteiger partial charge in [0, 0.05) is 31.9 Å². The molecule has 1 aliphatic heterocycles. The van der Waals surface area contributed by atoms with Gasteiger partial charge in [0.15, 0.2) is 0 Å². The first-order chi connectivity index (χ1) is 12.9. The third-order valence-corrected chi connectivity index (χ3v) is 4.85. The van der Waals surface area contributed by atoms with Gasteiger partial charge in [-0.1, -0.05) is 6.92 Å². The molecule has 0 bridgehead atoms. The average Bonchev–Trinajstić information content (AvgIpc) is 3.10. The highest BCUT2D eigenvalue weighted by Gasteiger charge is 2.31. The van der Waals surface area contributed by atoms with E-state index in [4.69, 9.17) is 0 Å². The molecule has 1 saturated heterocycles. The van der Waals surface area contributed by atoms with Crippen LogP contribution in [0.4, 0.5) is 19.0 Å². The van der Waals surface area contributed by atoms with E-state index in [1.165, 1.54) is 6.07 Å². The molecule has 0 radical (unpaired) electrons. The Morgan fingerprint density at radius 3 is 2.56 bits per heavy atom. The van der Waals surface area contributed by atoms with Gasteiger partial charge < -0.3 is 10.2 Å². The van der Waals surface area contributed by atoms with Gasteiger partial charge in [-0.25, -0.2) is 14.6 Å². The van der Waals surface area contributed by atoms with Crippen molar-refractivity contribution >= 4 is 5.82 Å². The van der Waals surface area contributed by atoms with Crippen LogP contribution in [-0.2, 0) is 12.7 Å². The molecule has 9 heteroatoms. The number of halogens is 3. The second-order valence-electron chi connectivity index (χ2n) is 6.89. The Bertz CT molecular complexity index is 719. The lowest BCUT2D eigenvalue weighted by molar-refractivity contribution is -0.137. The highest BCUT2D eigenvalue weighted by atomic mass is 19.4. The van der Waals surface area contributed by atoms with Gasteiger partial charge in [0.05, 0.1) is 11.6 Å². The standard InChI is InChI=1S/C18H25F3N6/c1-3-8-27-17(23-12-24-27)13(2)25-15-6-9-26(10-7-15)16-5-4-14(11-22-16)18(19,20)21/h4-5,11-13,15,25H,3,6-10H2,1-2H3/t13-/m0/s1. The number of nitrogens with zero attached hydrogens (tertiary/aromatic N) is 5. The summed E-state index contributed by atoms with van der Waals surface area (Å²) in [4.78, 5) is 10.4. The summed E-state index contributed by atoms with van der Waals surface area (Å²) in [7, 11) is 0. The van der Waals surface area contributed by atoms with Crippen LogP contribution in [0, 0.1) is 0 Å². The molecular formula is C18H25F3N6. The van der Waals surface area contributed by atoms with Gasteiger partial charge in [-0.05, 0) is 38.3 Å². The van der Waals surface area contributed by atoms with Gasteiger partial charge in [0.2, 0.25) is 0 Å². The number of nitrogens with one attached hydrogen (secondary N) is 1. The molecule has 3 heterocycles. The quantitative estimate of drug-likeness (QED) is 0.830. The molecule has 1 aliphatic rings. The number of aromatic nitrogens is 4. The fourth-order valence-electron chi connectivity index (χ4n) is 3.44. The lowest BCUT2D eigenvalue weighted by Crippen LogP contribution is -2.44. The van der Waals surface area contributed by atoms with Gasteiger partial charge >= 0.3 is 6.18 Å². The van der Waals surface area contributed by atoms with Gasteiger partial charge in [-0.2, -0.15) is 18.3 Å². The first-order valence-electron chi connectivity index (χ1n) is 9.30. The van der Waals surface area contributed by atoms with E-state index in [9.17, 15) is 13.2 Å². The number of hydrogen-bond donors (Lipinski definition) is 1. The van der Waals surface area contributed by atoms with Crippen LogP contribution in [-0.4, -0.2) is 38.9 Å².